The first-order chi connectivity index (χ1) is 12.6. The molecule has 0 bridgehead atoms. The lowest BCUT2D eigenvalue weighted by molar-refractivity contribution is 0.209. The molecule has 0 spiro atoms. The summed E-state index contributed by atoms with van der Waals surface area (Å²) in [4.78, 5) is 29.3. The number of rotatable bonds is 5. The summed E-state index contributed by atoms with van der Waals surface area (Å²) in [5, 5.41) is 3.91. The van der Waals surface area contributed by atoms with Crippen LogP contribution in [0.2, 0.25) is 0 Å². The number of carbonyl (C=O) groups is 1. The summed E-state index contributed by atoms with van der Waals surface area (Å²) >= 11 is 0. The largest absolute Gasteiger partial charge is 0.322 e. The van der Waals surface area contributed by atoms with Crippen LogP contribution in [-0.2, 0) is 6.54 Å². The Bertz CT molecular complexity index is 978. The second-order valence-electron chi connectivity index (χ2n) is 6.43. The number of hydrogen-bond acceptors (Lipinski definition) is 2. The van der Waals surface area contributed by atoms with Crippen LogP contribution in [0, 0.1) is 6.92 Å². The van der Waals surface area contributed by atoms with Gasteiger partial charge in [0.15, 0.2) is 0 Å². The molecule has 0 atom stereocenters. The number of fused-ring (bicyclic) bond motifs is 1. The lowest BCUT2D eigenvalue weighted by atomic mass is 10.1. The maximum Gasteiger partial charge on any atom is 0.322 e. The van der Waals surface area contributed by atoms with Gasteiger partial charge in [0, 0.05) is 35.7 Å². The Morgan fingerprint density at radius 2 is 1.92 bits per heavy atom. The van der Waals surface area contributed by atoms with E-state index in [-0.39, 0.29) is 11.6 Å². The highest BCUT2D eigenvalue weighted by Gasteiger charge is 2.15. The minimum atomic E-state index is -0.165. The molecule has 0 fully saturated rings. The van der Waals surface area contributed by atoms with E-state index < -0.39 is 0 Å². The molecule has 0 radical (unpaired) electrons. The number of aryl methyl sites for hydroxylation is 1. The molecule has 0 aliphatic carbocycles. The maximum absolute atomic E-state index is 12.8. The number of carbonyl (C=O) groups excluding carboxylic acids is 1. The van der Waals surface area contributed by atoms with Crippen molar-refractivity contribution in [2.75, 3.05) is 11.9 Å². The summed E-state index contributed by atoms with van der Waals surface area (Å²) in [6.07, 6.45) is 0.836. The molecule has 2 N–H and O–H groups in total. The molecule has 0 saturated carbocycles. The molecule has 0 aliphatic rings. The molecule has 0 saturated heterocycles. The van der Waals surface area contributed by atoms with Crippen LogP contribution >= 0.6 is 0 Å². The van der Waals surface area contributed by atoms with Crippen LogP contribution in [-0.4, -0.2) is 22.5 Å². The molecule has 26 heavy (non-hydrogen) atoms. The van der Waals surface area contributed by atoms with Crippen LogP contribution in [0.1, 0.15) is 24.5 Å². The quantitative estimate of drug-likeness (QED) is 0.722. The Kier molecular flexibility index (Phi) is 5.37. The molecule has 3 rings (SSSR count). The zero-order valence-electron chi connectivity index (χ0n) is 15.1. The van der Waals surface area contributed by atoms with Crippen molar-refractivity contribution >= 4 is 22.6 Å². The van der Waals surface area contributed by atoms with Crippen LogP contribution in [0.4, 0.5) is 10.5 Å². The van der Waals surface area contributed by atoms with E-state index in [1.165, 1.54) is 0 Å². The van der Waals surface area contributed by atoms with Crippen molar-refractivity contribution in [3.05, 3.63) is 76.1 Å². The predicted molar refractivity (Wildman–Crippen MR) is 105 cm³/mol. The standard InChI is InChI=1S/C21H23N3O2/c1-3-11-24(21(26)22-17-8-6-7-15(2)12-17)14-16-13-20(25)23-19-10-5-4-9-18(16)19/h4-10,12-13H,3,11,14H2,1-2H3,(H,22,26)(H,23,25). The van der Waals surface area contributed by atoms with E-state index in [1.54, 1.807) is 11.0 Å². The van der Waals surface area contributed by atoms with Gasteiger partial charge in [0.1, 0.15) is 0 Å². The number of nitrogens with one attached hydrogen (secondary N) is 2. The summed E-state index contributed by atoms with van der Waals surface area (Å²) in [6.45, 7) is 5.01. The third-order valence-electron chi connectivity index (χ3n) is 4.25. The van der Waals surface area contributed by atoms with Crippen molar-refractivity contribution in [2.45, 2.75) is 26.8 Å². The SMILES string of the molecule is CCCN(Cc1cc(=O)[nH]c2ccccc12)C(=O)Nc1cccc(C)c1. The molecule has 134 valence electrons. The van der Waals surface area contributed by atoms with Gasteiger partial charge in [-0.05, 0) is 42.7 Å². The van der Waals surface area contributed by atoms with Gasteiger partial charge in [-0.3, -0.25) is 4.79 Å². The van der Waals surface area contributed by atoms with Crippen molar-refractivity contribution < 1.29 is 4.79 Å². The first kappa shape index (κ1) is 17.7. The van der Waals surface area contributed by atoms with Gasteiger partial charge >= 0.3 is 6.03 Å². The van der Waals surface area contributed by atoms with Crippen LogP contribution in [0.3, 0.4) is 0 Å². The molecule has 2 aromatic carbocycles. The van der Waals surface area contributed by atoms with Gasteiger partial charge in [-0.25, -0.2) is 4.79 Å². The minimum Gasteiger partial charge on any atom is -0.322 e. The highest BCUT2D eigenvalue weighted by Crippen LogP contribution is 2.18. The van der Waals surface area contributed by atoms with Gasteiger partial charge in [-0.15, -0.1) is 0 Å². The van der Waals surface area contributed by atoms with Gasteiger partial charge in [-0.2, -0.15) is 0 Å². The van der Waals surface area contributed by atoms with Crippen molar-refractivity contribution in [3.63, 3.8) is 0 Å². The Balaban J connectivity index is 1.87. The third-order valence-corrected chi connectivity index (χ3v) is 4.25. The van der Waals surface area contributed by atoms with Crippen LogP contribution in [0.15, 0.2) is 59.4 Å². The van der Waals surface area contributed by atoms with E-state index in [4.69, 9.17) is 0 Å². The lowest BCUT2D eigenvalue weighted by Gasteiger charge is -2.23. The second-order valence-corrected chi connectivity index (χ2v) is 6.43. The van der Waals surface area contributed by atoms with Gasteiger partial charge in [0.25, 0.3) is 0 Å². The normalized spacial score (nSPS) is 10.7. The molecule has 1 aromatic heterocycles. The van der Waals surface area contributed by atoms with Gasteiger partial charge < -0.3 is 15.2 Å². The Hall–Kier alpha value is -3.08. The molecule has 5 nitrogen and oxygen atoms in total. The van der Waals surface area contributed by atoms with E-state index in [0.717, 1.165) is 34.1 Å². The van der Waals surface area contributed by atoms with Gasteiger partial charge in [-0.1, -0.05) is 37.3 Å². The van der Waals surface area contributed by atoms with E-state index in [2.05, 4.69) is 10.3 Å². The highest BCUT2D eigenvalue weighted by atomic mass is 16.2. The Morgan fingerprint density at radius 1 is 1.12 bits per heavy atom. The molecule has 0 unspecified atom stereocenters. The fourth-order valence-corrected chi connectivity index (χ4v) is 3.06. The van der Waals surface area contributed by atoms with Crippen molar-refractivity contribution in [1.82, 2.24) is 9.88 Å². The number of anilines is 1. The molecular formula is C21H23N3O2. The lowest BCUT2D eigenvalue weighted by Crippen LogP contribution is -2.35. The minimum absolute atomic E-state index is 0.158. The molecular weight excluding hydrogens is 326 g/mol. The number of amides is 2. The Labute approximate surface area is 152 Å². The molecule has 1 heterocycles. The highest BCUT2D eigenvalue weighted by molar-refractivity contribution is 5.90. The molecule has 0 aliphatic heterocycles. The van der Waals surface area contributed by atoms with Crippen LogP contribution in [0.25, 0.3) is 10.9 Å². The smallest absolute Gasteiger partial charge is 0.322 e. The molecule has 2 amide bonds. The number of aromatic nitrogens is 1. The van der Waals surface area contributed by atoms with E-state index in [9.17, 15) is 9.59 Å². The van der Waals surface area contributed by atoms with Crippen LogP contribution in [0.5, 0.6) is 0 Å². The fourth-order valence-electron chi connectivity index (χ4n) is 3.06. The number of hydrogen-bond donors (Lipinski definition) is 2. The predicted octanol–water partition coefficient (Wildman–Crippen LogP) is 4.28. The van der Waals surface area contributed by atoms with Gasteiger partial charge in [0.2, 0.25) is 5.56 Å². The average Bonchev–Trinajstić information content (AvgIpc) is 2.61. The number of urea groups is 1. The van der Waals surface area contributed by atoms with Crippen molar-refractivity contribution in [3.8, 4) is 0 Å². The zero-order chi connectivity index (χ0) is 18.5. The Morgan fingerprint density at radius 3 is 2.69 bits per heavy atom. The van der Waals surface area contributed by atoms with Crippen molar-refractivity contribution in [1.29, 1.82) is 0 Å². The number of para-hydroxylation sites is 1. The number of benzene rings is 2. The second kappa shape index (κ2) is 7.87. The first-order valence-corrected chi connectivity index (χ1v) is 8.80. The van der Waals surface area contributed by atoms with E-state index in [1.807, 2.05) is 62.4 Å². The van der Waals surface area contributed by atoms with E-state index >= 15 is 0 Å². The summed E-state index contributed by atoms with van der Waals surface area (Å²) in [5.74, 6) is 0. The monoisotopic (exact) mass is 349 g/mol. The molecule has 5 heteroatoms. The number of H-pyrrole nitrogens is 1. The summed E-state index contributed by atoms with van der Waals surface area (Å²) in [6, 6.07) is 16.8. The fraction of sp³-hybridized carbons (Fsp3) is 0.238. The third kappa shape index (κ3) is 4.11. The summed E-state index contributed by atoms with van der Waals surface area (Å²) < 4.78 is 0. The average molecular weight is 349 g/mol. The van der Waals surface area contributed by atoms with Gasteiger partial charge in [0.05, 0.1) is 0 Å². The van der Waals surface area contributed by atoms with E-state index in [0.29, 0.717) is 13.1 Å². The zero-order valence-corrected chi connectivity index (χ0v) is 15.1. The number of aromatic amines is 1. The first-order valence-electron chi connectivity index (χ1n) is 8.80. The summed E-state index contributed by atoms with van der Waals surface area (Å²) in [5.41, 5.74) is 3.33. The summed E-state index contributed by atoms with van der Waals surface area (Å²) in [7, 11) is 0. The topological polar surface area (TPSA) is 65.2 Å². The maximum atomic E-state index is 12.8. The number of nitrogens with zero attached hydrogens (tertiary/aromatic N) is 1. The number of pyridine rings is 1. The van der Waals surface area contributed by atoms with Crippen molar-refractivity contribution in [2.24, 2.45) is 0 Å². The van der Waals surface area contributed by atoms with Crippen LogP contribution < -0.4 is 10.9 Å². The molecule has 3 aromatic rings.